The molecule has 0 unspecified atom stereocenters. The Bertz CT molecular complexity index is 852. The Morgan fingerprint density at radius 2 is 1.78 bits per heavy atom. The van der Waals surface area contributed by atoms with Crippen molar-refractivity contribution < 1.29 is 18.3 Å². The number of benzene rings is 2. The summed E-state index contributed by atoms with van der Waals surface area (Å²) in [6.07, 6.45) is 0. The zero-order chi connectivity index (χ0) is 17.2. The summed E-state index contributed by atoms with van der Waals surface area (Å²) >= 11 is 11.7. The molecule has 2 aromatic rings. The van der Waals surface area contributed by atoms with Crippen LogP contribution in [0.15, 0.2) is 41.3 Å². The maximum Gasteiger partial charge on any atom is 0.337 e. The third-order valence-corrected chi connectivity index (χ3v) is 4.63. The van der Waals surface area contributed by atoms with Gasteiger partial charge in [0.15, 0.2) is 0 Å². The van der Waals surface area contributed by atoms with Crippen molar-refractivity contribution >= 4 is 44.9 Å². The van der Waals surface area contributed by atoms with E-state index in [9.17, 15) is 18.3 Å². The van der Waals surface area contributed by atoms with Crippen molar-refractivity contribution in [3.63, 3.8) is 0 Å². The minimum atomic E-state index is -4.12. The van der Waals surface area contributed by atoms with Crippen LogP contribution in [0.25, 0.3) is 0 Å². The minimum Gasteiger partial charge on any atom is -0.478 e. The normalized spacial score (nSPS) is 11.3. The number of halogens is 2. The monoisotopic (exact) mass is 374 g/mol. The summed E-state index contributed by atoms with van der Waals surface area (Å²) in [5.41, 5.74) is 0.801. The SMILES string of the molecule is NS(=O)(=O)c1cc(C(=O)O)c(NCc2ccc(Cl)cc2)cc1Cl. The molecule has 0 aliphatic rings. The van der Waals surface area contributed by atoms with E-state index >= 15 is 0 Å². The van der Waals surface area contributed by atoms with Gasteiger partial charge in [-0.25, -0.2) is 18.4 Å². The number of rotatable bonds is 5. The molecule has 0 saturated heterocycles. The van der Waals surface area contributed by atoms with Gasteiger partial charge in [0.25, 0.3) is 0 Å². The first kappa shape index (κ1) is 17.6. The fourth-order valence-corrected chi connectivity index (χ4v) is 3.12. The molecule has 6 nitrogen and oxygen atoms in total. The lowest BCUT2D eigenvalue weighted by Crippen LogP contribution is -2.15. The molecule has 0 aliphatic carbocycles. The van der Waals surface area contributed by atoms with Gasteiger partial charge in [0.2, 0.25) is 10.0 Å². The van der Waals surface area contributed by atoms with Gasteiger partial charge in [-0.05, 0) is 29.8 Å². The summed E-state index contributed by atoms with van der Waals surface area (Å²) < 4.78 is 22.8. The lowest BCUT2D eigenvalue weighted by Gasteiger charge is -2.12. The quantitative estimate of drug-likeness (QED) is 0.744. The third kappa shape index (κ3) is 4.35. The first-order valence-corrected chi connectivity index (χ1v) is 8.56. The second-order valence-corrected chi connectivity index (χ2v) is 7.03. The Hall–Kier alpha value is -1.80. The van der Waals surface area contributed by atoms with Crippen LogP contribution in [0.1, 0.15) is 15.9 Å². The smallest absolute Gasteiger partial charge is 0.337 e. The third-order valence-electron chi connectivity index (χ3n) is 3.01. The molecule has 2 rings (SSSR count). The summed E-state index contributed by atoms with van der Waals surface area (Å²) in [4.78, 5) is 10.9. The van der Waals surface area contributed by atoms with E-state index in [1.54, 1.807) is 24.3 Å². The molecular weight excluding hydrogens is 363 g/mol. The van der Waals surface area contributed by atoms with Gasteiger partial charge in [0.05, 0.1) is 16.3 Å². The van der Waals surface area contributed by atoms with Crippen molar-refractivity contribution in [2.75, 3.05) is 5.32 Å². The summed E-state index contributed by atoms with van der Waals surface area (Å²) in [6, 6.07) is 9.11. The van der Waals surface area contributed by atoms with Crippen molar-refractivity contribution in [1.82, 2.24) is 0 Å². The average Bonchev–Trinajstić information content (AvgIpc) is 2.45. The Kier molecular flexibility index (Phi) is 5.16. The number of sulfonamides is 1. The van der Waals surface area contributed by atoms with Crippen molar-refractivity contribution in [1.29, 1.82) is 0 Å². The average molecular weight is 375 g/mol. The fraction of sp³-hybridized carbons (Fsp3) is 0.0714. The number of aromatic carboxylic acids is 1. The molecule has 0 saturated carbocycles. The molecule has 0 heterocycles. The molecule has 0 fully saturated rings. The van der Waals surface area contributed by atoms with Crippen LogP contribution in [-0.2, 0) is 16.6 Å². The molecule has 0 aliphatic heterocycles. The molecule has 0 atom stereocenters. The number of carboxylic acid groups (broad SMARTS) is 1. The standard InChI is InChI=1S/C14H12Cl2N2O4S/c15-9-3-1-8(2-4-9)7-18-12-6-11(16)13(23(17,21)22)5-10(12)14(19)20/h1-6,18H,7H2,(H,19,20)(H2,17,21,22). The van der Waals surface area contributed by atoms with Gasteiger partial charge < -0.3 is 10.4 Å². The molecule has 0 aromatic heterocycles. The van der Waals surface area contributed by atoms with E-state index in [1.165, 1.54) is 6.07 Å². The molecule has 23 heavy (non-hydrogen) atoms. The number of carboxylic acids is 1. The van der Waals surface area contributed by atoms with Crippen LogP contribution in [0.4, 0.5) is 5.69 Å². The maximum atomic E-state index is 11.4. The Balaban J connectivity index is 2.36. The van der Waals surface area contributed by atoms with Gasteiger partial charge in [0, 0.05) is 11.6 Å². The number of anilines is 1. The fourth-order valence-electron chi connectivity index (χ4n) is 1.89. The van der Waals surface area contributed by atoms with Crippen LogP contribution >= 0.6 is 23.2 Å². The number of nitrogens with one attached hydrogen (secondary N) is 1. The van der Waals surface area contributed by atoms with Crippen molar-refractivity contribution in [2.45, 2.75) is 11.4 Å². The Morgan fingerprint density at radius 1 is 1.17 bits per heavy atom. The lowest BCUT2D eigenvalue weighted by molar-refractivity contribution is 0.0697. The van der Waals surface area contributed by atoms with Crippen LogP contribution < -0.4 is 10.5 Å². The summed E-state index contributed by atoms with van der Waals surface area (Å²) in [5, 5.41) is 17.6. The second kappa shape index (κ2) is 6.76. The highest BCUT2D eigenvalue weighted by molar-refractivity contribution is 7.89. The molecule has 2 aromatic carbocycles. The second-order valence-electron chi connectivity index (χ2n) is 4.66. The van der Waals surface area contributed by atoms with E-state index in [-0.39, 0.29) is 16.3 Å². The predicted molar refractivity (Wildman–Crippen MR) is 88.6 cm³/mol. The van der Waals surface area contributed by atoms with E-state index < -0.39 is 20.9 Å². The van der Waals surface area contributed by atoms with E-state index in [1.807, 2.05) is 0 Å². The molecule has 4 N–H and O–H groups in total. The Labute approximate surface area is 142 Å². The van der Waals surface area contributed by atoms with E-state index in [0.29, 0.717) is 11.6 Å². The van der Waals surface area contributed by atoms with Gasteiger partial charge in [-0.2, -0.15) is 0 Å². The van der Waals surface area contributed by atoms with Crippen LogP contribution in [0.3, 0.4) is 0 Å². The van der Waals surface area contributed by atoms with Crippen molar-refractivity contribution in [3.8, 4) is 0 Å². The topological polar surface area (TPSA) is 109 Å². The first-order chi connectivity index (χ1) is 10.7. The highest BCUT2D eigenvalue weighted by Crippen LogP contribution is 2.28. The van der Waals surface area contributed by atoms with Crippen LogP contribution in [-0.4, -0.2) is 19.5 Å². The molecule has 0 bridgehead atoms. The number of nitrogens with two attached hydrogens (primary N) is 1. The van der Waals surface area contributed by atoms with Crippen molar-refractivity contribution in [2.24, 2.45) is 5.14 Å². The van der Waals surface area contributed by atoms with Gasteiger partial charge in [0.1, 0.15) is 4.90 Å². The van der Waals surface area contributed by atoms with Crippen LogP contribution in [0.2, 0.25) is 10.0 Å². The van der Waals surface area contributed by atoms with Gasteiger partial charge in [-0.1, -0.05) is 35.3 Å². The molecule has 122 valence electrons. The van der Waals surface area contributed by atoms with Gasteiger partial charge in [-0.15, -0.1) is 0 Å². The molecule has 0 spiro atoms. The van der Waals surface area contributed by atoms with Gasteiger partial charge in [-0.3, -0.25) is 0 Å². The maximum absolute atomic E-state index is 11.4. The first-order valence-electron chi connectivity index (χ1n) is 6.26. The zero-order valence-electron chi connectivity index (χ0n) is 11.6. The summed E-state index contributed by atoms with van der Waals surface area (Å²) in [6.45, 7) is 0.308. The lowest BCUT2D eigenvalue weighted by atomic mass is 10.1. The molecule has 9 heteroatoms. The van der Waals surface area contributed by atoms with Crippen LogP contribution in [0, 0.1) is 0 Å². The summed E-state index contributed by atoms with van der Waals surface area (Å²) in [5.74, 6) is -1.30. The number of primary sulfonamides is 1. The van der Waals surface area contributed by atoms with Crippen molar-refractivity contribution in [3.05, 3.63) is 57.6 Å². The van der Waals surface area contributed by atoms with E-state index in [2.05, 4.69) is 5.32 Å². The van der Waals surface area contributed by atoms with Crippen LogP contribution in [0.5, 0.6) is 0 Å². The molecular formula is C14H12Cl2N2O4S. The molecule has 0 amide bonds. The molecule has 0 radical (unpaired) electrons. The van der Waals surface area contributed by atoms with E-state index in [4.69, 9.17) is 28.3 Å². The highest BCUT2D eigenvalue weighted by Gasteiger charge is 2.20. The highest BCUT2D eigenvalue weighted by atomic mass is 35.5. The predicted octanol–water partition coefficient (Wildman–Crippen LogP) is 2.95. The van der Waals surface area contributed by atoms with Gasteiger partial charge >= 0.3 is 5.97 Å². The number of hydrogen-bond donors (Lipinski definition) is 3. The van der Waals surface area contributed by atoms with E-state index in [0.717, 1.165) is 11.6 Å². The number of hydrogen-bond acceptors (Lipinski definition) is 4. The largest absolute Gasteiger partial charge is 0.478 e. The minimum absolute atomic E-state index is 0.156. The summed E-state index contributed by atoms with van der Waals surface area (Å²) in [7, 11) is -4.12. The Morgan fingerprint density at radius 3 is 2.30 bits per heavy atom. The zero-order valence-corrected chi connectivity index (χ0v) is 13.9. The number of carbonyl (C=O) groups is 1.